The average Bonchev–Trinajstić information content (AvgIpc) is 3.29. The molecule has 1 saturated heterocycles. The van der Waals surface area contributed by atoms with Crippen molar-refractivity contribution in [3.63, 3.8) is 0 Å². The lowest BCUT2D eigenvalue weighted by molar-refractivity contribution is -0.140. The number of nitrogens with zero attached hydrogens (tertiary/aromatic N) is 3. The molecule has 4 N–H and O–H groups in total. The van der Waals surface area contributed by atoms with Crippen LogP contribution < -0.4 is 10.1 Å². The monoisotopic (exact) mass is 480 g/mol. The summed E-state index contributed by atoms with van der Waals surface area (Å²) in [5, 5.41) is 34.6. The second kappa shape index (κ2) is 11.4. The smallest absolute Gasteiger partial charge is 0.227 e. The van der Waals surface area contributed by atoms with E-state index >= 15 is 0 Å². The van der Waals surface area contributed by atoms with Crippen molar-refractivity contribution in [1.82, 2.24) is 14.9 Å². The summed E-state index contributed by atoms with van der Waals surface area (Å²) in [7, 11) is 0. The molecule has 1 aliphatic heterocycles. The molecule has 1 aliphatic rings. The number of benzene rings is 2. The van der Waals surface area contributed by atoms with Gasteiger partial charge in [0.1, 0.15) is 30.7 Å². The fraction of sp³-hybridized carbons (Fsp3) is 0.423. The normalized spacial score (nSPS) is 18.3. The van der Waals surface area contributed by atoms with E-state index in [1.165, 1.54) is 11.2 Å². The molecule has 1 fully saturated rings. The molecule has 0 saturated carbocycles. The first kappa shape index (κ1) is 24.8. The van der Waals surface area contributed by atoms with Gasteiger partial charge in [0.05, 0.1) is 24.1 Å². The number of fused-ring (bicyclic) bond motifs is 1. The van der Waals surface area contributed by atoms with Crippen molar-refractivity contribution in [3.05, 3.63) is 60.4 Å². The van der Waals surface area contributed by atoms with E-state index in [9.17, 15) is 20.1 Å². The predicted molar refractivity (Wildman–Crippen MR) is 132 cm³/mol. The molecule has 0 bridgehead atoms. The minimum atomic E-state index is -1.02. The largest absolute Gasteiger partial charge is 0.491 e. The Kier molecular flexibility index (Phi) is 8.12. The molecular weight excluding hydrogens is 448 g/mol. The maximum Gasteiger partial charge on any atom is 0.227 e. The van der Waals surface area contributed by atoms with Crippen LogP contribution in [0.25, 0.3) is 10.9 Å². The number of hydrogen-bond donors (Lipinski definition) is 4. The van der Waals surface area contributed by atoms with Crippen LogP contribution >= 0.6 is 0 Å². The minimum absolute atomic E-state index is 0.00619. The molecule has 0 aliphatic carbocycles. The van der Waals surface area contributed by atoms with Crippen molar-refractivity contribution in [2.45, 2.75) is 57.1 Å². The topological polar surface area (TPSA) is 128 Å². The lowest BCUT2D eigenvalue weighted by Gasteiger charge is -2.22. The number of hydrogen-bond acceptors (Lipinski definition) is 8. The Morgan fingerprint density at radius 1 is 1.17 bits per heavy atom. The summed E-state index contributed by atoms with van der Waals surface area (Å²) in [6.45, 7) is 2.51. The molecule has 4 rings (SSSR count). The molecule has 1 amide bonds. The van der Waals surface area contributed by atoms with Gasteiger partial charge in [0.25, 0.3) is 0 Å². The highest BCUT2D eigenvalue weighted by Crippen LogP contribution is 2.27. The molecule has 3 aromatic rings. The first-order valence-corrected chi connectivity index (χ1v) is 11.9. The van der Waals surface area contributed by atoms with Gasteiger partial charge in [-0.3, -0.25) is 4.79 Å². The van der Waals surface area contributed by atoms with Gasteiger partial charge in [-0.15, -0.1) is 0 Å². The molecule has 186 valence electrons. The predicted octanol–water partition coefficient (Wildman–Crippen LogP) is 2.62. The van der Waals surface area contributed by atoms with E-state index in [1.54, 1.807) is 6.07 Å². The lowest BCUT2D eigenvalue weighted by atomic mass is 10.1. The van der Waals surface area contributed by atoms with Gasteiger partial charge >= 0.3 is 0 Å². The molecule has 4 unspecified atom stereocenters. The standard InChI is InChI=1S/C26H32N4O5/c1-17(18-6-3-2-4-7-18)29-26-22-14-21(9-10-23(22)27-16-28-26)35-15-20(32)12-19(31)13-25(34)30-11-5-8-24(30)33/h2-4,6-7,9-10,14,16-17,19-20,24,31-33H,5,8,11-13,15H2,1H3,(H,27,28,29). The van der Waals surface area contributed by atoms with E-state index in [0.29, 0.717) is 24.5 Å². The summed E-state index contributed by atoms with van der Waals surface area (Å²) < 4.78 is 5.76. The van der Waals surface area contributed by atoms with E-state index < -0.39 is 18.4 Å². The number of amides is 1. The summed E-state index contributed by atoms with van der Waals surface area (Å²) in [4.78, 5) is 22.3. The van der Waals surface area contributed by atoms with Crippen LogP contribution in [0, 0.1) is 0 Å². The Morgan fingerprint density at radius 3 is 2.71 bits per heavy atom. The highest BCUT2D eigenvalue weighted by molar-refractivity contribution is 5.90. The third-order valence-electron chi connectivity index (χ3n) is 6.20. The number of aliphatic hydroxyl groups is 3. The van der Waals surface area contributed by atoms with Crippen molar-refractivity contribution in [1.29, 1.82) is 0 Å². The Hall–Kier alpha value is -3.27. The highest BCUT2D eigenvalue weighted by atomic mass is 16.5. The highest BCUT2D eigenvalue weighted by Gasteiger charge is 2.28. The van der Waals surface area contributed by atoms with Crippen LogP contribution in [0.1, 0.15) is 44.2 Å². The molecular formula is C26H32N4O5. The van der Waals surface area contributed by atoms with E-state index in [1.807, 2.05) is 42.5 Å². The molecule has 35 heavy (non-hydrogen) atoms. The summed E-state index contributed by atoms with van der Waals surface area (Å²) in [6, 6.07) is 15.5. The number of carbonyl (C=O) groups excluding carboxylic acids is 1. The van der Waals surface area contributed by atoms with Crippen LogP contribution in [-0.4, -0.2) is 67.7 Å². The Bertz CT molecular complexity index is 1130. The zero-order valence-electron chi connectivity index (χ0n) is 19.7. The summed E-state index contributed by atoms with van der Waals surface area (Å²) in [5.41, 5.74) is 1.89. The van der Waals surface area contributed by atoms with Gasteiger partial charge in [-0.1, -0.05) is 30.3 Å². The maximum atomic E-state index is 12.2. The number of aromatic nitrogens is 2. The van der Waals surface area contributed by atoms with Gasteiger partial charge in [0.15, 0.2) is 0 Å². The van der Waals surface area contributed by atoms with Gasteiger partial charge in [-0.2, -0.15) is 0 Å². The Balaban J connectivity index is 1.34. The van der Waals surface area contributed by atoms with Crippen molar-refractivity contribution >= 4 is 22.6 Å². The fourth-order valence-corrected chi connectivity index (χ4v) is 4.29. The first-order valence-electron chi connectivity index (χ1n) is 11.9. The van der Waals surface area contributed by atoms with Gasteiger partial charge in [-0.05, 0) is 43.5 Å². The second-order valence-corrected chi connectivity index (χ2v) is 8.95. The quantitative estimate of drug-likeness (QED) is 0.349. The van der Waals surface area contributed by atoms with Crippen LogP contribution in [0.5, 0.6) is 5.75 Å². The van der Waals surface area contributed by atoms with Crippen LogP contribution in [0.2, 0.25) is 0 Å². The van der Waals surface area contributed by atoms with Gasteiger partial charge < -0.3 is 30.3 Å². The third-order valence-corrected chi connectivity index (χ3v) is 6.20. The van der Waals surface area contributed by atoms with Crippen molar-refractivity contribution in [2.75, 3.05) is 18.5 Å². The summed E-state index contributed by atoms with van der Waals surface area (Å²) in [5.74, 6) is 0.901. The van der Waals surface area contributed by atoms with Crippen LogP contribution in [0.4, 0.5) is 5.82 Å². The first-order chi connectivity index (χ1) is 16.9. The molecule has 9 nitrogen and oxygen atoms in total. The Labute approximate surface area is 204 Å². The Morgan fingerprint density at radius 2 is 1.97 bits per heavy atom. The minimum Gasteiger partial charge on any atom is -0.491 e. The van der Waals surface area contributed by atoms with Crippen LogP contribution in [-0.2, 0) is 4.79 Å². The number of rotatable bonds is 10. The number of anilines is 1. The van der Waals surface area contributed by atoms with Gasteiger partial charge in [0.2, 0.25) is 5.91 Å². The molecule has 0 radical (unpaired) electrons. The van der Waals surface area contributed by atoms with Crippen molar-refractivity contribution in [3.8, 4) is 5.75 Å². The third kappa shape index (κ3) is 6.45. The number of aliphatic hydroxyl groups excluding tert-OH is 3. The molecule has 0 spiro atoms. The van der Waals surface area contributed by atoms with Crippen molar-refractivity contribution < 1.29 is 24.9 Å². The van der Waals surface area contributed by atoms with E-state index in [4.69, 9.17) is 4.74 Å². The SMILES string of the molecule is CC(Nc1ncnc2ccc(OCC(O)CC(O)CC(=O)N3CCCC3O)cc12)c1ccccc1. The number of likely N-dealkylation sites (tertiary alicyclic amines) is 1. The maximum absolute atomic E-state index is 12.2. The zero-order valence-corrected chi connectivity index (χ0v) is 19.7. The fourth-order valence-electron chi connectivity index (χ4n) is 4.29. The van der Waals surface area contributed by atoms with Gasteiger partial charge in [0, 0.05) is 24.4 Å². The van der Waals surface area contributed by atoms with Gasteiger partial charge in [-0.25, -0.2) is 9.97 Å². The average molecular weight is 481 g/mol. The molecule has 2 heterocycles. The summed E-state index contributed by atoms with van der Waals surface area (Å²) >= 11 is 0. The van der Waals surface area contributed by atoms with E-state index in [0.717, 1.165) is 22.9 Å². The number of nitrogens with one attached hydrogen (secondary N) is 1. The van der Waals surface area contributed by atoms with Crippen LogP contribution in [0.3, 0.4) is 0 Å². The van der Waals surface area contributed by atoms with Crippen molar-refractivity contribution in [2.24, 2.45) is 0 Å². The number of carbonyl (C=O) groups is 1. The van der Waals surface area contributed by atoms with E-state index in [2.05, 4.69) is 22.2 Å². The molecule has 4 atom stereocenters. The lowest BCUT2D eigenvalue weighted by Crippen LogP contribution is -2.38. The molecule has 2 aromatic carbocycles. The molecule has 1 aromatic heterocycles. The molecule has 9 heteroatoms. The number of ether oxygens (including phenoxy) is 1. The van der Waals surface area contributed by atoms with E-state index in [-0.39, 0.29) is 31.4 Å². The summed E-state index contributed by atoms with van der Waals surface area (Å²) in [6.07, 6.45) is -0.0972. The van der Waals surface area contributed by atoms with Crippen LogP contribution in [0.15, 0.2) is 54.9 Å². The second-order valence-electron chi connectivity index (χ2n) is 8.95. The zero-order chi connectivity index (χ0) is 24.8.